The number of benzene rings is 2. The molecule has 2 N–H and O–H groups in total. The third kappa shape index (κ3) is 3.43. The highest BCUT2D eigenvalue weighted by Gasteiger charge is 2.17. The highest BCUT2D eigenvalue weighted by atomic mass is 16.5. The lowest BCUT2D eigenvalue weighted by Gasteiger charge is -2.14. The second-order valence-electron chi connectivity index (χ2n) is 5.26. The molecule has 0 aliphatic heterocycles. The summed E-state index contributed by atoms with van der Waals surface area (Å²) in [6.45, 7) is 6.59. The Morgan fingerprint density at radius 1 is 1.19 bits per heavy atom. The number of ether oxygens (including phenoxy) is 1. The third-order valence-electron chi connectivity index (χ3n) is 3.26. The Morgan fingerprint density at radius 3 is 2.62 bits per heavy atom. The maximum Gasteiger partial charge on any atom is 0.196 e. The van der Waals surface area contributed by atoms with Crippen molar-refractivity contribution in [2.45, 2.75) is 27.2 Å². The van der Waals surface area contributed by atoms with Gasteiger partial charge >= 0.3 is 0 Å². The second kappa shape index (κ2) is 6.44. The Morgan fingerprint density at radius 2 is 1.95 bits per heavy atom. The van der Waals surface area contributed by atoms with E-state index < -0.39 is 0 Å². The molecule has 110 valence electrons. The molecule has 0 aliphatic rings. The lowest BCUT2D eigenvalue weighted by atomic mass is 9.97. The van der Waals surface area contributed by atoms with E-state index in [-0.39, 0.29) is 5.78 Å². The molecule has 2 aromatic rings. The molecule has 0 fully saturated rings. The first-order chi connectivity index (χ1) is 10.0. The van der Waals surface area contributed by atoms with E-state index in [4.69, 9.17) is 10.5 Å². The van der Waals surface area contributed by atoms with E-state index in [9.17, 15) is 4.79 Å². The standard InChI is InChI=1S/C18H21NO2/c1-4-8-21-18-13(3)9-12(2)10-16(18)17(20)14-6-5-7-15(19)11-14/h5-7,9-11H,4,8,19H2,1-3H3. The molecule has 0 saturated carbocycles. The fraction of sp³-hybridized carbons (Fsp3) is 0.278. The van der Waals surface area contributed by atoms with Gasteiger partial charge in [0.25, 0.3) is 0 Å². The molecule has 0 spiro atoms. The van der Waals surface area contributed by atoms with Gasteiger partial charge in [0.05, 0.1) is 12.2 Å². The van der Waals surface area contributed by atoms with Crippen LogP contribution in [0, 0.1) is 13.8 Å². The average molecular weight is 283 g/mol. The Bertz CT molecular complexity index is 662. The quantitative estimate of drug-likeness (QED) is 0.668. The van der Waals surface area contributed by atoms with E-state index in [1.165, 1.54) is 0 Å². The summed E-state index contributed by atoms with van der Waals surface area (Å²) in [4.78, 5) is 12.8. The Kier molecular flexibility index (Phi) is 4.63. The van der Waals surface area contributed by atoms with Gasteiger partial charge in [-0.3, -0.25) is 4.79 Å². The van der Waals surface area contributed by atoms with Gasteiger partial charge in [0.2, 0.25) is 0 Å². The third-order valence-corrected chi connectivity index (χ3v) is 3.26. The topological polar surface area (TPSA) is 52.3 Å². The van der Waals surface area contributed by atoms with Crippen LogP contribution < -0.4 is 10.5 Å². The largest absolute Gasteiger partial charge is 0.493 e. The van der Waals surface area contributed by atoms with Gasteiger partial charge < -0.3 is 10.5 Å². The van der Waals surface area contributed by atoms with Gasteiger partial charge in [0.1, 0.15) is 5.75 Å². The number of hydrogen-bond donors (Lipinski definition) is 1. The van der Waals surface area contributed by atoms with Crippen molar-refractivity contribution < 1.29 is 9.53 Å². The van der Waals surface area contributed by atoms with Crippen molar-refractivity contribution in [2.75, 3.05) is 12.3 Å². The Labute approximate surface area is 125 Å². The van der Waals surface area contributed by atoms with Crippen LogP contribution in [-0.2, 0) is 0 Å². The second-order valence-corrected chi connectivity index (χ2v) is 5.26. The minimum Gasteiger partial charge on any atom is -0.493 e. The fourth-order valence-corrected chi connectivity index (χ4v) is 2.35. The predicted octanol–water partition coefficient (Wildman–Crippen LogP) is 3.91. The van der Waals surface area contributed by atoms with Gasteiger partial charge in [-0.25, -0.2) is 0 Å². The molecule has 0 radical (unpaired) electrons. The molecule has 2 aromatic carbocycles. The van der Waals surface area contributed by atoms with Crippen molar-refractivity contribution in [3.63, 3.8) is 0 Å². The number of carbonyl (C=O) groups is 1. The monoisotopic (exact) mass is 283 g/mol. The Balaban J connectivity index is 2.48. The molecule has 21 heavy (non-hydrogen) atoms. The van der Waals surface area contributed by atoms with Crippen LogP contribution in [-0.4, -0.2) is 12.4 Å². The van der Waals surface area contributed by atoms with Crippen molar-refractivity contribution in [1.82, 2.24) is 0 Å². The lowest BCUT2D eigenvalue weighted by molar-refractivity contribution is 0.103. The molecule has 3 nitrogen and oxygen atoms in total. The molecule has 2 rings (SSSR count). The van der Waals surface area contributed by atoms with Crippen LogP contribution in [0.3, 0.4) is 0 Å². The first kappa shape index (κ1) is 15.1. The SMILES string of the molecule is CCCOc1c(C)cc(C)cc1C(=O)c1cccc(N)c1. The molecular weight excluding hydrogens is 262 g/mol. The van der Waals surface area contributed by atoms with E-state index in [0.29, 0.717) is 29.2 Å². The van der Waals surface area contributed by atoms with E-state index in [2.05, 4.69) is 0 Å². The van der Waals surface area contributed by atoms with Crippen LogP contribution in [0.2, 0.25) is 0 Å². The molecule has 0 saturated heterocycles. The first-order valence-corrected chi connectivity index (χ1v) is 7.17. The molecule has 0 amide bonds. The van der Waals surface area contributed by atoms with Crippen molar-refractivity contribution in [1.29, 1.82) is 0 Å². The molecule has 0 aliphatic carbocycles. The summed E-state index contributed by atoms with van der Waals surface area (Å²) in [7, 11) is 0. The summed E-state index contributed by atoms with van der Waals surface area (Å²) in [5, 5.41) is 0. The van der Waals surface area contributed by atoms with E-state index in [1.54, 1.807) is 24.3 Å². The maximum absolute atomic E-state index is 12.8. The highest BCUT2D eigenvalue weighted by Crippen LogP contribution is 2.28. The first-order valence-electron chi connectivity index (χ1n) is 7.17. The minimum absolute atomic E-state index is 0.0554. The summed E-state index contributed by atoms with van der Waals surface area (Å²) >= 11 is 0. The van der Waals surface area contributed by atoms with Crippen molar-refractivity contribution in [2.24, 2.45) is 0 Å². The molecule has 0 heterocycles. The summed E-state index contributed by atoms with van der Waals surface area (Å²) < 4.78 is 5.79. The zero-order valence-corrected chi connectivity index (χ0v) is 12.8. The number of ketones is 1. The number of aryl methyl sites for hydroxylation is 2. The number of hydrogen-bond acceptors (Lipinski definition) is 3. The van der Waals surface area contributed by atoms with Crippen LogP contribution in [0.1, 0.15) is 40.4 Å². The van der Waals surface area contributed by atoms with Crippen LogP contribution in [0.25, 0.3) is 0 Å². The van der Waals surface area contributed by atoms with E-state index in [1.807, 2.05) is 32.9 Å². The molecular formula is C18H21NO2. The van der Waals surface area contributed by atoms with Crippen LogP contribution in [0.5, 0.6) is 5.75 Å². The van der Waals surface area contributed by atoms with E-state index in [0.717, 1.165) is 17.5 Å². The lowest BCUT2D eigenvalue weighted by Crippen LogP contribution is -2.08. The zero-order valence-electron chi connectivity index (χ0n) is 12.8. The van der Waals surface area contributed by atoms with Gasteiger partial charge in [0.15, 0.2) is 5.78 Å². The van der Waals surface area contributed by atoms with Gasteiger partial charge in [-0.05, 0) is 49.6 Å². The minimum atomic E-state index is -0.0554. The van der Waals surface area contributed by atoms with Crippen LogP contribution in [0.15, 0.2) is 36.4 Å². The molecule has 0 atom stereocenters. The van der Waals surface area contributed by atoms with Crippen LogP contribution >= 0.6 is 0 Å². The van der Waals surface area contributed by atoms with Gasteiger partial charge in [-0.2, -0.15) is 0 Å². The maximum atomic E-state index is 12.8. The number of rotatable bonds is 5. The van der Waals surface area contributed by atoms with Crippen LogP contribution in [0.4, 0.5) is 5.69 Å². The summed E-state index contributed by atoms with van der Waals surface area (Å²) in [5.74, 6) is 0.620. The Hall–Kier alpha value is -2.29. The number of anilines is 1. The highest BCUT2D eigenvalue weighted by molar-refractivity contribution is 6.11. The van der Waals surface area contributed by atoms with Gasteiger partial charge in [0, 0.05) is 11.3 Å². The number of nitrogens with two attached hydrogens (primary N) is 1. The molecule has 0 bridgehead atoms. The molecule has 0 unspecified atom stereocenters. The molecule has 3 heteroatoms. The zero-order chi connectivity index (χ0) is 15.4. The van der Waals surface area contributed by atoms with Gasteiger partial charge in [-0.15, -0.1) is 0 Å². The number of nitrogen functional groups attached to an aromatic ring is 1. The predicted molar refractivity (Wildman–Crippen MR) is 86.0 cm³/mol. The summed E-state index contributed by atoms with van der Waals surface area (Å²) in [6.07, 6.45) is 0.902. The fourth-order valence-electron chi connectivity index (χ4n) is 2.35. The van der Waals surface area contributed by atoms with Crippen molar-refractivity contribution >= 4 is 11.5 Å². The van der Waals surface area contributed by atoms with Crippen molar-refractivity contribution in [3.8, 4) is 5.75 Å². The molecule has 0 aromatic heterocycles. The van der Waals surface area contributed by atoms with E-state index >= 15 is 0 Å². The number of carbonyl (C=O) groups excluding carboxylic acids is 1. The normalized spacial score (nSPS) is 10.4. The summed E-state index contributed by atoms with van der Waals surface area (Å²) in [5.41, 5.74) is 9.57. The van der Waals surface area contributed by atoms with Crippen molar-refractivity contribution in [3.05, 3.63) is 58.7 Å². The van der Waals surface area contributed by atoms with Gasteiger partial charge in [-0.1, -0.05) is 25.1 Å². The average Bonchev–Trinajstić information content (AvgIpc) is 2.45. The summed E-state index contributed by atoms with van der Waals surface area (Å²) in [6, 6.07) is 10.9. The smallest absolute Gasteiger partial charge is 0.196 e.